The van der Waals surface area contributed by atoms with Gasteiger partial charge in [0.05, 0.1) is 4.58 Å². The summed E-state index contributed by atoms with van der Waals surface area (Å²) in [6.07, 6.45) is 5.78. The summed E-state index contributed by atoms with van der Waals surface area (Å²) in [7, 11) is 0. The predicted molar refractivity (Wildman–Crippen MR) is 80.0 cm³/mol. The molecule has 2 aliphatic rings. The van der Waals surface area contributed by atoms with Gasteiger partial charge in [-0.25, -0.2) is 0 Å². The average Bonchev–Trinajstić information content (AvgIpc) is 2.39. The average molecular weight is 285 g/mol. The molecule has 0 radical (unpaired) electrons. The molecule has 1 heterocycles. The minimum absolute atomic E-state index is 0.631. The first kappa shape index (κ1) is 12.3. The van der Waals surface area contributed by atoms with E-state index in [1.54, 1.807) is 0 Å². The Kier molecular flexibility index (Phi) is 3.94. The summed E-state index contributed by atoms with van der Waals surface area (Å²) in [5.74, 6) is 2.33. The molecule has 2 fully saturated rings. The fourth-order valence-corrected chi connectivity index (χ4v) is 6.53. The van der Waals surface area contributed by atoms with Crippen LogP contribution in [0, 0.1) is 5.92 Å². The second kappa shape index (κ2) is 5.46. The molecule has 92 valence electrons. The van der Waals surface area contributed by atoms with Gasteiger partial charge in [-0.3, -0.25) is 0 Å². The number of benzene rings is 1. The van der Waals surface area contributed by atoms with Gasteiger partial charge in [-0.2, -0.15) is 0 Å². The smallest absolute Gasteiger partial charge is 0.0754 e. The topological polar surface area (TPSA) is 0 Å². The van der Waals surface area contributed by atoms with Crippen LogP contribution in [0.15, 0.2) is 24.3 Å². The Balaban J connectivity index is 1.71. The summed E-state index contributed by atoms with van der Waals surface area (Å²) in [6, 6.07) is 8.42. The van der Waals surface area contributed by atoms with Crippen LogP contribution in [-0.2, 0) is 0 Å². The Bertz CT molecular complexity index is 376. The third kappa shape index (κ3) is 2.80. The highest BCUT2D eigenvalue weighted by Crippen LogP contribution is 2.52. The van der Waals surface area contributed by atoms with Crippen LogP contribution in [0.3, 0.4) is 0 Å². The van der Waals surface area contributed by atoms with Crippen molar-refractivity contribution >= 4 is 35.1 Å². The monoisotopic (exact) mass is 284 g/mol. The number of thioether (sulfide) groups is 2. The molecule has 0 nitrogen and oxygen atoms in total. The fourth-order valence-electron chi connectivity index (χ4n) is 2.75. The molecule has 3 atom stereocenters. The second-order valence-electron chi connectivity index (χ2n) is 4.94. The van der Waals surface area contributed by atoms with Crippen LogP contribution in [-0.4, -0.2) is 11.0 Å². The zero-order valence-corrected chi connectivity index (χ0v) is 12.2. The lowest BCUT2D eigenvalue weighted by atomic mass is 9.90. The molecule has 1 aromatic carbocycles. The molecule has 0 amide bonds. The van der Waals surface area contributed by atoms with E-state index in [1.165, 1.54) is 37.0 Å². The minimum Gasteiger partial charge on any atom is -0.142 e. The van der Waals surface area contributed by atoms with Crippen LogP contribution in [0.5, 0.6) is 0 Å². The van der Waals surface area contributed by atoms with Gasteiger partial charge in [-0.15, -0.1) is 23.5 Å². The Morgan fingerprint density at radius 3 is 2.65 bits per heavy atom. The number of halogens is 1. The maximum Gasteiger partial charge on any atom is 0.0754 e. The summed E-state index contributed by atoms with van der Waals surface area (Å²) in [4.78, 5) is 0. The molecule has 3 heteroatoms. The minimum atomic E-state index is 0.631. The van der Waals surface area contributed by atoms with Crippen molar-refractivity contribution in [3.05, 3.63) is 34.9 Å². The van der Waals surface area contributed by atoms with Gasteiger partial charge in [-0.05, 0) is 42.2 Å². The number of rotatable bonds is 1. The van der Waals surface area contributed by atoms with Crippen molar-refractivity contribution in [2.75, 3.05) is 5.75 Å². The zero-order valence-electron chi connectivity index (χ0n) is 9.77. The summed E-state index contributed by atoms with van der Waals surface area (Å²) in [5, 5.41) is 1.75. The highest BCUT2D eigenvalue weighted by atomic mass is 35.5. The van der Waals surface area contributed by atoms with Gasteiger partial charge >= 0.3 is 0 Å². The Hall–Kier alpha value is 0.210. The van der Waals surface area contributed by atoms with Crippen LogP contribution in [0.2, 0.25) is 5.02 Å². The van der Waals surface area contributed by atoms with Crippen LogP contribution in [0.1, 0.15) is 35.8 Å². The molecular formula is C14H17ClS2. The Labute approximate surface area is 117 Å². The van der Waals surface area contributed by atoms with Crippen molar-refractivity contribution in [1.82, 2.24) is 0 Å². The standard InChI is InChI=1S/C14H17ClS2/c15-12-7-5-10(6-8-12)14-16-9-11-3-1-2-4-13(11)17-14/h5-8,11,13-14H,1-4,9H2/t11-,13+,14+/m1/s1. The first-order valence-electron chi connectivity index (χ1n) is 6.35. The van der Waals surface area contributed by atoms with Gasteiger partial charge in [0.1, 0.15) is 0 Å². The molecular weight excluding hydrogens is 268 g/mol. The molecule has 1 aromatic rings. The van der Waals surface area contributed by atoms with Crippen molar-refractivity contribution < 1.29 is 0 Å². The van der Waals surface area contributed by atoms with Crippen LogP contribution >= 0.6 is 35.1 Å². The molecule has 1 aliphatic carbocycles. The van der Waals surface area contributed by atoms with E-state index >= 15 is 0 Å². The molecule has 17 heavy (non-hydrogen) atoms. The summed E-state index contributed by atoms with van der Waals surface area (Å²) in [6.45, 7) is 0. The normalized spacial score (nSPS) is 33.1. The van der Waals surface area contributed by atoms with E-state index in [0.717, 1.165) is 16.2 Å². The molecule has 0 bridgehead atoms. The fraction of sp³-hybridized carbons (Fsp3) is 0.571. The molecule has 0 aromatic heterocycles. The summed E-state index contributed by atoms with van der Waals surface area (Å²) in [5.41, 5.74) is 1.44. The SMILES string of the molecule is Clc1ccc([C@H]2SC[C@H]3CCCC[C@@H]3S2)cc1. The Morgan fingerprint density at radius 1 is 1.06 bits per heavy atom. The van der Waals surface area contributed by atoms with Gasteiger partial charge in [0.25, 0.3) is 0 Å². The van der Waals surface area contributed by atoms with Gasteiger partial charge in [0.15, 0.2) is 0 Å². The van der Waals surface area contributed by atoms with E-state index in [9.17, 15) is 0 Å². The van der Waals surface area contributed by atoms with Gasteiger partial charge < -0.3 is 0 Å². The summed E-state index contributed by atoms with van der Waals surface area (Å²) >= 11 is 10.3. The lowest BCUT2D eigenvalue weighted by Gasteiger charge is -2.38. The number of hydrogen-bond acceptors (Lipinski definition) is 2. The van der Waals surface area contributed by atoms with Crippen LogP contribution in [0.4, 0.5) is 0 Å². The molecule has 3 rings (SSSR count). The maximum absolute atomic E-state index is 5.95. The lowest BCUT2D eigenvalue weighted by molar-refractivity contribution is 0.401. The van der Waals surface area contributed by atoms with Crippen molar-refractivity contribution in [2.24, 2.45) is 5.92 Å². The first-order chi connectivity index (χ1) is 8.33. The van der Waals surface area contributed by atoms with Gasteiger partial charge in [0.2, 0.25) is 0 Å². The third-order valence-electron chi connectivity index (χ3n) is 3.74. The van der Waals surface area contributed by atoms with E-state index < -0.39 is 0 Å². The molecule has 1 aliphatic heterocycles. The van der Waals surface area contributed by atoms with E-state index in [0.29, 0.717) is 4.58 Å². The van der Waals surface area contributed by atoms with Crippen molar-refractivity contribution in [3.63, 3.8) is 0 Å². The highest BCUT2D eigenvalue weighted by Gasteiger charge is 2.33. The van der Waals surface area contributed by atoms with Gasteiger partial charge in [0, 0.05) is 10.3 Å². The zero-order chi connectivity index (χ0) is 11.7. The highest BCUT2D eigenvalue weighted by molar-refractivity contribution is 8.17. The quantitative estimate of drug-likeness (QED) is 0.679. The van der Waals surface area contributed by atoms with E-state index in [2.05, 4.69) is 35.7 Å². The van der Waals surface area contributed by atoms with Crippen molar-refractivity contribution in [3.8, 4) is 0 Å². The van der Waals surface area contributed by atoms with Gasteiger partial charge in [-0.1, -0.05) is 36.6 Å². The first-order valence-corrected chi connectivity index (χ1v) is 8.72. The second-order valence-corrected chi connectivity index (χ2v) is 8.16. The Morgan fingerprint density at radius 2 is 1.82 bits per heavy atom. The molecule has 0 unspecified atom stereocenters. The van der Waals surface area contributed by atoms with E-state index in [1.807, 2.05) is 12.1 Å². The predicted octanol–water partition coefficient (Wildman–Crippen LogP) is 5.38. The third-order valence-corrected chi connectivity index (χ3v) is 7.42. The maximum atomic E-state index is 5.95. The molecule has 1 saturated heterocycles. The lowest BCUT2D eigenvalue weighted by Crippen LogP contribution is -2.28. The summed E-state index contributed by atoms with van der Waals surface area (Å²) < 4.78 is 0.631. The molecule has 1 saturated carbocycles. The number of hydrogen-bond donors (Lipinski definition) is 0. The van der Waals surface area contributed by atoms with E-state index in [4.69, 9.17) is 11.6 Å². The van der Waals surface area contributed by atoms with Crippen molar-refractivity contribution in [2.45, 2.75) is 35.5 Å². The number of fused-ring (bicyclic) bond motifs is 1. The van der Waals surface area contributed by atoms with Crippen LogP contribution < -0.4 is 0 Å². The molecule has 0 spiro atoms. The largest absolute Gasteiger partial charge is 0.142 e. The van der Waals surface area contributed by atoms with Crippen molar-refractivity contribution in [1.29, 1.82) is 0 Å². The van der Waals surface area contributed by atoms with E-state index in [-0.39, 0.29) is 0 Å². The molecule has 0 N–H and O–H groups in total. The van der Waals surface area contributed by atoms with Crippen LogP contribution in [0.25, 0.3) is 0 Å².